The van der Waals surface area contributed by atoms with Crippen molar-refractivity contribution in [3.05, 3.63) is 52.1 Å². The highest BCUT2D eigenvalue weighted by atomic mass is 16.6. The summed E-state index contributed by atoms with van der Waals surface area (Å²) in [6, 6.07) is 10.1. The maximum Gasteiger partial charge on any atom is 0.276 e. The minimum atomic E-state index is -0.729. The lowest BCUT2D eigenvalue weighted by molar-refractivity contribution is -0.385. The van der Waals surface area contributed by atoms with Crippen LogP contribution in [0, 0.1) is 10.1 Å². The second-order valence-electron chi connectivity index (χ2n) is 6.47. The Balaban J connectivity index is 1.74. The molecule has 0 spiro atoms. The van der Waals surface area contributed by atoms with Gasteiger partial charge >= 0.3 is 0 Å². The molecule has 0 saturated carbocycles. The average Bonchev–Trinajstić information content (AvgIpc) is 2.87. The fraction of sp³-hybridized carbons (Fsp3) is 0.222. The van der Waals surface area contributed by atoms with E-state index in [4.69, 9.17) is 15.2 Å². The number of benzene rings is 2. The summed E-state index contributed by atoms with van der Waals surface area (Å²) >= 11 is 0. The molecule has 1 aromatic heterocycles. The summed E-state index contributed by atoms with van der Waals surface area (Å²) in [5.41, 5.74) is 7.69. The molecule has 0 saturated heterocycles. The molecule has 3 aromatic rings. The van der Waals surface area contributed by atoms with Crippen LogP contribution in [-0.2, 0) is 0 Å². The molecule has 0 radical (unpaired) electrons. The first kappa shape index (κ1) is 16.4. The van der Waals surface area contributed by atoms with Crippen molar-refractivity contribution in [1.82, 2.24) is 9.55 Å². The SMILES string of the molecule is NC1=N[C@H](c2ccccc2[N+](=O)[O-])n2c(nc3cc4c(cc32)OCCCO4)N1. The molecule has 0 fully saturated rings. The van der Waals surface area contributed by atoms with Crippen LogP contribution in [0.5, 0.6) is 11.5 Å². The molecule has 0 unspecified atom stereocenters. The minimum Gasteiger partial charge on any atom is -0.489 e. The number of rotatable bonds is 2. The molecule has 2 aliphatic rings. The third kappa shape index (κ3) is 2.49. The summed E-state index contributed by atoms with van der Waals surface area (Å²) in [6.07, 6.45) is 0.0614. The number of nitro groups is 1. The lowest BCUT2D eigenvalue weighted by atomic mass is 10.1. The number of aliphatic imine (C=N–C) groups is 1. The molecular weight excluding hydrogens is 364 g/mol. The normalized spacial score (nSPS) is 18.0. The molecule has 10 nitrogen and oxygen atoms in total. The van der Waals surface area contributed by atoms with Crippen molar-refractivity contribution in [1.29, 1.82) is 0 Å². The van der Waals surface area contributed by atoms with E-state index >= 15 is 0 Å². The molecule has 0 bridgehead atoms. The van der Waals surface area contributed by atoms with Gasteiger partial charge in [-0.05, 0) is 6.07 Å². The smallest absolute Gasteiger partial charge is 0.276 e. The van der Waals surface area contributed by atoms with E-state index in [-0.39, 0.29) is 11.6 Å². The number of imidazole rings is 1. The van der Waals surface area contributed by atoms with Gasteiger partial charge in [0, 0.05) is 24.6 Å². The monoisotopic (exact) mass is 380 g/mol. The Hall–Kier alpha value is -3.82. The van der Waals surface area contributed by atoms with Crippen molar-refractivity contribution in [3.8, 4) is 11.5 Å². The van der Waals surface area contributed by atoms with Crippen molar-refractivity contribution >= 4 is 28.6 Å². The zero-order valence-corrected chi connectivity index (χ0v) is 14.7. The van der Waals surface area contributed by atoms with Gasteiger partial charge in [0.1, 0.15) is 0 Å². The van der Waals surface area contributed by atoms with Crippen LogP contribution in [0.3, 0.4) is 0 Å². The second-order valence-corrected chi connectivity index (χ2v) is 6.47. The Kier molecular flexibility index (Phi) is 3.57. The first-order chi connectivity index (χ1) is 13.6. The largest absolute Gasteiger partial charge is 0.489 e. The van der Waals surface area contributed by atoms with Crippen molar-refractivity contribution < 1.29 is 14.4 Å². The zero-order chi connectivity index (χ0) is 19.3. The number of guanidine groups is 1. The number of nitrogens with one attached hydrogen (secondary N) is 1. The number of ether oxygens (including phenoxy) is 2. The van der Waals surface area contributed by atoms with Crippen LogP contribution in [-0.4, -0.2) is 33.6 Å². The quantitative estimate of drug-likeness (QED) is 0.516. The van der Waals surface area contributed by atoms with E-state index in [0.717, 1.165) is 6.42 Å². The maximum atomic E-state index is 11.5. The molecule has 28 heavy (non-hydrogen) atoms. The summed E-state index contributed by atoms with van der Waals surface area (Å²) in [5, 5.41) is 14.5. The highest BCUT2D eigenvalue weighted by molar-refractivity contribution is 5.95. The third-order valence-electron chi connectivity index (χ3n) is 4.72. The van der Waals surface area contributed by atoms with Crippen LogP contribution in [0.4, 0.5) is 11.6 Å². The predicted molar refractivity (Wildman–Crippen MR) is 102 cm³/mol. The van der Waals surface area contributed by atoms with Gasteiger partial charge < -0.3 is 15.2 Å². The molecule has 2 aromatic carbocycles. The van der Waals surface area contributed by atoms with E-state index in [0.29, 0.717) is 47.3 Å². The minimum absolute atomic E-state index is 0.0342. The van der Waals surface area contributed by atoms with Crippen molar-refractivity contribution in [3.63, 3.8) is 0 Å². The lowest BCUT2D eigenvalue weighted by Crippen LogP contribution is -2.31. The number of aromatic nitrogens is 2. The van der Waals surface area contributed by atoms with Gasteiger partial charge in [0.15, 0.2) is 23.6 Å². The number of fused-ring (bicyclic) bond motifs is 4. The Labute approximate surface area is 158 Å². The molecule has 2 aliphatic heterocycles. The number of nitrogens with two attached hydrogens (primary N) is 1. The standard InChI is InChI=1S/C18H16N6O4/c19-17-21-16(10-4-1-2-5-12(10)24(25)26)23-13-9-15-14(27-6-3-7-28-15)8-11(13)20-18(23)22-17/h1-2,4-5,8-9,16H,3,6-7H2,(H3,19,20,21,22)/t16-/m0/s1. The van der Waals surface area contributed by atoms with Gasteiger partial charge in [-0.2, -0.15) is 0 Å². The summed E-state index contributed by atoms with van der Waals surface area (Å²) in [6.45, 7) is 1.12. The number of hydrogen-bond acceptors (Lipinski definition) is 8. The van der Waals surface area contributed by atoms with E-state index < -0.39 is 11.1 Å². The highest BCUT2D eigenvalue weighted by Gasteiger charge is 2.30. The van der Waals surface area contributed by atoms with Crippen molar-refractivity contribution in [2.24, 2.45) is 10.7 Å². The predicted octanol–water partition coefficient (Wildman–Crippen LogP) is 2.39. The van der Waals surface area contributed by atoms with Gasteiger partial charge in [0.2, 0.25) is 5.95 Å². The Morgan fingerprint density at radius 1 is 1.21 bits per heavy atom. The van der Waals surface area contributed by atoms with E-state index in [1.54, 1.807) is 28.8 Å². The number of nitro benzene ring substituents is 1. The Morgan fingerprint density at radius 3 is 2.75 bits per heavy atom. The summed E-state index contributed by atoms with van der Waals surface area (Å²) < 4.78 is 13.3. The van der Waals surface area contributed by atoms with Crippen molar-refractivity contribution in [2.45, 2.75) is 12.6 Å². The van der Waals surface area contributed by atoms with Crippen LogP contribution in [0.2, 0.25) is 0 Å². The molecule has 3 N–H and O–H groups in total. The van der Waals surface area contributed by atoms with Crippen LogP contribution >= 0.6 is 0 Å². The van der Waals surface area contributed by atoms with Gasteiger partial charge in [-0.15, -0.1) is 0 Å². The summed E-state index contributed by atoms with van der Waals surface area (Å²) in [5.74, 6) is 1.82. The van der Waals surface area contributed by atoms with Gasteiger partial charge in [0.05, 0.1) is 34.7 Å². The van der Waals surface area contributed by atoms with Crippen LogP contribution in [0.1, 0.15) is 18.2 Å². The fourth-order valence-electron chi connectivity index (χ4n) is 3.50. The van der Waals surface area contributed by atoms with E-state index in [9.17, 15) is 10.1 Å². The van der Waals surface area contributed by atoms with E-state index in [2.05, 4.69) is 15.3 Å². The molecule has 1 atom stereocenters. The maximum absolute atomic E-state index is 11.5. The zero-order valence-electron chi connectivity index (χ0n) is 14.7. The summed E-state index contributed by atoms with van der Waals surface area (Å²) in [7, 11) is 0. The molecular formula is C18H16N6O4. The molecule has 142 valence electrons. The number of para-hydroxylation sites is 1. The average molecular weight is 380 g/mol. The third-order valence-corrected chi connectivity index (χ3v) is 4.72. The summed E-state index contributed by atoms with van der Waals surface area (Å²) in [4.78, 5) is 20.1. The first-order valence-corrected chi connectivity index (χ1v) is 8.77. The number of anilines is 1. The molecule has 0 amide bonds. The van der Waals surface area contributed by atoms with E-state index in [1.807, 2.05) is 6.07 Å². The highest BCUT2D eigenvalue weighted by Crippen LogP contribution is 2.40. The van der Waals surface area contributed by atoms with Crippen LogP contribution in [0.25, 0.3) is 11.0 Å². The van der Waals surface area contributed by atoms with Gasteiger partial charge in [-0.3, -0.25) is 20.0 Å². The molecule has 10 heteroatoms. The molecule has 3 heterocycles. The Morgan fingerprint density at radius 2 is 1.96 bits per heavy atom. The van der Waals surface area contributed by atoms with E-state index in [1.165, 1.54) is 6.07 Å². The Bertz CT molecular complexity index is 1140. The molecule has 0 aliphatic carbocycles. The van der Waals surface area contributed by atoms with Gasteiger partial charge in [-0.1, -0.05) is 12.1 Å². The van der Waals surface area contributed by atoms with Crippen molar-refractivity contribution in [2.75, 3.05) is 18.5 Å². The number of hydrogen-bond donors (Lipinski definition) is 2. The van der Waals surface area contributed by atoms with Gasteiger partial charge in [-0.25, -0.2) is 9.98 Å². The lowest BCUT2D eigenvalue weighted by Gasteiger charge is -2.23. The van der Waals surface area contributed by atoms with Gasteiger partial charge in [0.25, 0.3) is 5.69 Å². The second kappa shape index (κ2) is 6.12. The number of nitrogens with zero attached hydrogens (tertiary/aromatic N) is 4. The first-order valence-electron chi connectivity index (χ1n) is 8.77. The molecule has 5 rings (SSSR count). The topological polar surface area (TPSA) is 130 Å². The van der Waals surface area contributed by atoms with Crippen LogP contribution in [0.15, 0.2) is 41.4 Å². The van der Waals surface area contributed by atoms with Crippen LogP contribution < -0.4 is 20.5 Å². The fourth-order valence-corrected chi connectivity index (χ4v) is 3.50.